The lowest BCUT2D eigenvalue weighted by Crippen LogP contribution is -1.67. The summed E-state index contributed by atoms with van der Waals surface area (Å²) < 4.78 is 21.4. The highest BCUT2D eigenvalue weighted by atomic mass is 32.2. The van der Waals surface area contributed by atoms with E-state index in [1.54, 1.807) is 11.8 Å². The lowest BCUT2D eigenvalue weighted by atomic mass is 10.4. The van der Waals surface area contributed by atoms with Crippen molar-refractivity contribution in [3.05, 3.63) is 12.1 Å². The van der Waals surface area contributed by atoms with Crippen LogP contribution in [0.4, 0.5) is 0 Å². The topological polar surface area (TPSA) is 52.6 Å². The SMILES string of the molecule is c1c(Sc2cc3oc3c3oc23)c2oc2c2oc12. The quantitative estimate of drug-likeness (QED) is 0.445. The van der Waals surface area contributed by atoms with Crippen LogP contribution in [-0.4, -0.2) is 0 Å². The molecule has 80 valence electrons. The number of fused-ring (bicyclic) bond motifs is 6. The molecular formula is C12H2O4S. The Balaban J connectivity index is 1.56. The van der Waals surface area contributed by atoms with Gasteiger partial charge in [-0.15, -0.1) is 0 Å². The summed E-state index contributed by atoms with van der Waals surface area (Å²) in [6.07, 6.45) is 0. The first-order valence-electron chi connectivity index (χ1n) is 5.20. The molecule has 0 saturated carbocycles. The summed E-state index contributed by atoms with van der Waals surface area (Å²) in [7, 11) is 0. The average molecular weight is 242 g/mol. The summed E-state index contributed by atoms with van der Waals surface area (Å²) in [5.41, 5.74) is 7.32. The van der Waals surface area contributed by atoms with E-state index in [0.29, 0.717) is 0 Å². The van der Waals surface area contributed by atoms with Gasteiger partial charge >= 0.3 is 0 Å². The third-order valence-corrected chi connectivity index (χ3v) is 4.18. The summed E-state index contributed by atoms with van der Waals surface area (Å²) in [6, 6.07) is 4.01. The summed E-state index contributed by atoms with van der Waals surface area (Å²) in [5, 5.41) is 0. The average Bonchev–Trinajstić information content (AvgIpc) is 3.16. The maximum absolute atomic E-state index is 5.41. The van der Waals surface area contributed by atoms with Gasteiger partial charge in [0.05, 0.1) is 9.79 Å². The van der Waals surface area contributed by atoms with E-state index in [-0.39, 0.29) is 0 Å². The zero-order valence-electron chi connectivity index (χ0n) is 8.20. The van der Waals surface area contributed by atoms with Crippen LogP contribution >= 0.6 is 11.8 Å². The Morgan fingerprint density at radius 3 is 1.65 bits per heavy atom. The van der Waals surface area contributed by atoms with Gasteiger partial charge in [0.2, 0.25) is 22.3 Å². The van der Waals surface area contributed by atoms with Crippen LogP contribution in [0, 0.1) is 0 Å². The van der Waals surface area contributed by atoms with Crippen molar-refractivity contribution in [2.75, 3.05) is 0 Å². The van der Waals surface area contributed by atoms with Crippen LogP contribution in [0.15, 0.2) is 39.6 Å². The van der Waals surface area contributed by atoms with Crippen LogP contribution in [0.5, 0.6) is 0 Å². The molecule has 0 amide bonds. The molecule has 4 aromatic heterocycles. The Kier molecular flexibility index (Phi) is 0.833. The van der Waals surface area contributed by atoms with Crippen LogP contribution < -0.4 is 0 Å². The van der Waals surface area contributed by atoms with Crippen molar-refractivity contribution in [2.24, 2.45) is 0 Å². The van der Waals surface area contributed by atoms with Crippen LogP contribution in [0.1, 0.15) is 0 Å². The van der Waals surface area contributed by atoms with Gasteiger partial charge in [-0.2, -0.15) is 0 Å². The van der Waals surface area contributed by atoms with E-state index < -0.39 is 0 Å². The predicted octanol–water partition coefficient (Wildman–Crippen LogP) is 4.57. The molecule has 0 bridgehead atoms. The van der Waals surface area contributed by atoms with Gasteiger partial charge in [-0.3, -0.25) is 0 Å². The molecule has 0 radical (unpaired) electrons. The van der Waals surface area contributed by atoms with Gasteiger partial charge in [0, 0.05) is 12.1 Å². The van der Waals surface area contributed by atoms with Gasteiger partial charge in [-0.05, 0) is 0 Å². The Morgan fingerprint density at radius 1 is 0.588 bits per heavy atom. The second kappa shape index (κ2) is 1.93. The Labute approximate surface area is 96.4 Å². The van der Waals surface area contributed by atoms with Crippen molar-refractivity contribution < 1.29 is 17.7 Å². The first-order chi connectivity index (χ1) is 8.38. The van der Waals surface area contributed by atoms with Crippen molar-refractivity contribution in [3.8, 4) is 0 Å². The van der Waals surface area contributed by atoms with E-state index in [1.165, 1.54) is 0 Å². The molecule has 0 atom stereocenters. The molecule has 0 unspecified atom stereocenters. The van der Waals surface area contributed by atoms with E-state index in [9.17, 15) is 0 Å². The Morgan fingerprint density at radius 2 is 1.12 bits per heavy atom. The normalized spacial score (nSPS) is 14.1. The molecule has 5 heteroatoms. The largest absolute Gasteiger partial charge is 0.445 e. The summed E-state index contributed by atoms with van der Waals surface area (Å²) >= 11 is 1.63. The zero-order valence-corrected chi connectivity index (χ0v) is 9.01. The Hall–Kier alpha value is -2.01. The molecule has 0 aliphatic carbocycles. The molecule has 0 fully saturated rings. The smallest absolute Gasteiger partial charge is 0.217 e. The molecule has 17 heavy (non-hydrogen) atoms. The predicted molar refractivity (Wildman–Crippen MR) is 60.8 cm³/mol. The highest BCUT2D eigenvalue weighted by Gasteiger charge is 2.29. The van der Waals surface area contributed by atoms with Gasteiger partial charge in [0.15, 0.2) is 22.3 Å². The molecule has 0 spiro atoms. The maximum atomic E-state index is 5.41. The highest BCUT2D eigenvalue weighted by Crippen LogP contribution is 2.51. The van der Waals surface area contributed by atoms with E-state index in [0.717, 1.165) is 54.5 Å². The molecule has 0 aliphatic rings. The fraction of sp³-hybridized carbons (Fsp3) is 0. The summed E-state index contributed by atoms with van der Waals surface area (Å²) in [6.45, 7) is 0. The second-order valence-electron chi connectivity index (χ2n) is 4.23. The van der Waals surface area contributed by atoms with Crippen molar-refractivity contribution >= 4 is 56.4 Å². The van der Waals surface area contributed by atoms with E-state index >= 15 is 0 Å². The fourth-order valence-corrected chi connectivity index (χ4v) is 3.11. The molecule has 0 saturated heterocycles. The molecule has 0 aliphatic heterocycles. The highest BCUT2D eigenvalue weighted by molar-refractivity contribution is 7.99. The molecule has 4 nitrogen and oxygen atoms in total. The Bertz CT molecular complexity index is 969. The molecule has 4 heterocycles. The fourth-order valence-electron chi connectivity index (χ4n) is 2.09. The summed E-state index contributed by atoms with van der Waals surface area (Å²) in [5.74, 6) is 0. The molecule has 0 N–H and O–H groups in total. The standard InChI is InChI=1S/C12H2O4S/c1-3-7(13-3)11-9(15-11)5(1)17-6-2-4-8(14-4)12-10(6)16-12/h1-2H. The minimum atomic E-state index is 0.898. The maximum Gasteiger partial charge on any atom is 0.217 e. The molecule has 2 aromatic carbocycles. The van der Waals surface area contributed by atoms with Crippen molar-refractivity contribution in [1.29, 1.82) is 0 Å². The monoisotopic (exact) mass is 242 g/mol. The first kappa shape index (κ1) is 7.34. The van der Waals surface area contributed by atoms with Crippen molar-refractivity contribution in [3.63, 3.8) is 0 Å². The third kappa shape index (κ3) is 0.805. The molecular weight excluding hydrogens is 240 g/mol. The van der Waals surface area contributed by atoms with E-state index in [1.807, 2.05) is 12.1 Å². The molecule has 6 aromatic rings. The lowest BCUT2D eigenvalue weighted by Gasteiger charge is -1.92. The third-order valence-electron chi connectivity index (χ3n) is 3.13. The molecule has 6 rings (SSSR count). The van der Waals surface area contributed by atoms with Gasteiger partial charge < -0.3 is 17.7 Å². The summed E-state index contributed by atoms with van der Waals surface area (Å²) in [4.78, 5) is 2.16. The minimum Gasteiger partial charge on any atom is -0.445 e. The van der Waals surface area contributed by atoms with Crippen molar-refractivity contribution in [1.82, 2.24) is 0 Å². The van der Waals surface area contributed by atoms with E-state index in [2.05, 4.69) is 0 Å². The first-order valence-corrected chi connectivity index (χ1v) is 6.01. The van der Waals surface area contributed by atoms with Gasteiger partial charge in [0.1, 0.15) is 0 Å². The zero-order chi connectivity index (χ0) is 10.7. The number of rotatable bonds is 2. The van der Waals surface area contributed by atoms with Crippen LogP contribution in [0.2, 0.25) is 0 Å². The van der Waals surface area contributed by atoms with Gasteiger partial charge in [0.25, 0.3) is 0 Å². The van der Waals surface area contributed by atoms with Gasteiger partial charge in [-0.25, -0.2) is 0 Å². The minimum absolute atomic E-state index is 0.898. The lowest BCUT2D eigenvalue weighted by molar-refractivity contribution is 0.724. The second-order valence-corrected chi connectivity index (χ2v) is 5.31. The number of benzene rings is 2. The van der Waals surface area contributed by atoms with Crippen LogP contribution in [0.3, 0.4) is 0 Å². The van der Waals surface area contributed by atoms with E-state index in [4.69, 9.17) is 17.7 Å². The van der Waals surface area contributed by atoms with Gasteiger partial charge in [-0.1, -0.05) is 11.8 Å². The van der Waals surface area contributed by atoms with Crippen LogP contribution in [-0.2, 0) is 0 Å². The number of hydrogen-bond acceptors (Lipinski definition) is 5. The van der Waals surface area contributed by atoms with Crippen LogP contribution in [0.25, 0.3) is 44.7 Å². The number of hydrogen-bond donors (Lipinski definition) is 0. The van der Waals surface area contributed by atoms with Crippen molar-refractivity contribution in [2.45, 2.75) is 9.79 Å².